The van der Waals surface area contributed by atoms with Crippen molar-refractivity contribution in [2.75, 3.05) is 26.7 Å². The quantitative estimate of drug-likeness (QED) is 0.787. The van der Waals surface area contributed by atoms with Crippen LogP contribution in [0.25, 0.3) is 0 Å². The molecule has 0 aromatic heterocycles. The van der Waals surface area contributed by atoms with E-state index in [1.807, 2.05) is 13.8 Å². The van der Waals surface area contributed by atoms with Gasteiger partial charge in [0.25, 0.3) is 0 Å². The summed E-state index contributed by atoms with van der Waals surface area (Å²) in [5.41, 5.74) is 0. The van der Waals surface area contributed by atoms with Crippen LogP contribution in [0.4, 0.5) is 4.79 Å². The molecule has 0 aromatic rings. The molecule has 6 heteroatoms. The Morgan fingerprint density at radius 2 is 2.16 bits per heavy atom. The number of carboxylic acid groups (broad SMARTS) is 1. The molecule has 0 saturated carbocycles. The first-order chi connectivity index (χ1) is 8.95. The van der Waals surface area contributed by atoms with E-state index in [1.54, 1.807) is 12.0 Å². The summed E-state index contributed by atoms with van der Waals surface area (Å²) in [6.45, 7) is 5.12. The monoisotopic (exact) mass is 272 g/mol. The van der Waals surface area contributed by atoms with Gasteiger partial charge in [-0.05, 0) is 18.8 Å². The van der Waals surface area contributed by atoms with Crippen molar-refractivity contribution in [1.29, 1.82) is 0 Å². The van der Waals surface area contributed by atoms with Crippen molar-refractivity contribution in [3.05, 3.63) is 0 Å². The van der Waals surface area contributed by atoms with Crippen LogP contribution in [0.5, 0.6) is 0 Å². The molecule has 6 nitrogen and oxygen atoms in total. The molecule has 1 heterocycles. The van der Waals surface area contributed by atoms with Crippen LogP contribution < -0.4 is 5.32 Å². The van der Waals surface area contributed by atoms with Gasteiger partial charge < -0.3 is 20.1 Å². The number of nitrogens with one attached hydrogen (secondary N) is 1. The zero-order valence-corrected chi connectivity index (χ0v) is 11.9. The number of carbonyl (C=O) groups is 2. The first-order valence-electron chi connectivity index (χ1n) is 6.74. The molecule has 2 unspecified atom stereocenters. The summed E-state index contributed by atoms with van der Waals surface area (Å²) >= 11 is 0. The van der Waals surface area contributed by atoms with Gasteiger partial charge in [-0.3, -0.25) is 4.79 Å². The lowest BCUT2D eigenvalue weighted by Gasteiger charge is -2.32. The van der Waals surface area contributed by atoms with Crippen molar-refractivity contribution in [1.82, 2.24) is 10.2 Å². The van der Waals surface area contributed by atoms with Gasteiger partial charge in [-0.1, -0.05) is 13.8 Å². The van der Waals surface area contributed by atoms with Gasteiger partial charge in [0.1, 0.15) is 0 Å². The van der Waals surface area contributed by atoms with E-state index in [0.717, 1.165) is 12.8 Å². The van der Waals surface area contributed by atoms with E-state index in [-0.39, 0.29) is 24.6 Å². The zero-order chi connectivity index (χ0) is 14.4. The van der Waals surface area contributed by atoms with Crippen molar-refractivity contribution < 1.29 is 19.4 Å². The molecule has 0 spiro atoms. The largest absolute Gasteiger partial charge is 0.481 e. The fourth-order valence-corrected chi connectivity index (χ4v) is 2.23. The van der Waals surface area contributed by atoms with Crippen LogP contribution in [0.3, 0.4) is 0 Å². The van der Waals surface area contributed by atoms with Crippen molar-refractivity contribution in [2.24, 2.45) is 11.8 Å². The smallest absolute Gasteiger partial charge is 0.317 e. The van der Waals surface area contributed by atoms with Crippen LogP contribution in [0, 0.1) is 11.8 Å². The van der Waals surface area contributed by atoms with Crippen LogP contribution in [0.1, 0.15) is 26.7 Å². The Hall–Kier alpha value is -1.30. The van der Waals surface area contributed by atoms with E-state index in [2.05, 4.69) is 5.32 Å². The predicted molar refractivity (Wildman–Crippen MR) is 71.0 cm³/mol. The van der Waals surface area contributed by atoms with Gasteiger partial charge in [0.2, 0.25) is 0 Å². The molecule has 0 radical (unpaired) electrons. The zero-order valence-electron chi connectivity index (χ0n) is 11.9. The Morgan fingerprint density at radius 3 is 2.68 bits per heavy atom. The third-order valence-corrected chi connectivity index (χ3v) is 3.59. The SMILES string of the molecule is COC1CCCN(C(=O)NCC(C(=O)O)C(C)C)C1. The molecule has 110 valence electrons. The van der Waals surface area contributed by atoms with Crippen LogP contribution >= 0.6 is 0 Å². The van der Waals surface area contributed by atoms with E-state index >= 15 is 0 Å². The number of ether oxygens (including phenoxy) is 1. The number of urea groups is 1. The Balaban J connectivity index is 2.43. The van der Waals surface area contributed by atoms with Gasteiger partial charge in [0.05, 0.1) is 12.0 Å². The van der Waals surface area contributed by atoms with E-state index in [4.69, 9.17) is 9.84 Å². The molecular formula is C13H24N2O4. The maximum absolute atomic E-state index is 12.0. The normalized spacial score (nSPS) is 21.3. The Bertz CT molecular complexity index is 320. The van der Waals surface area contributed by atoms with E-state index < -0.39 is 11.9 Å². The molecule has 2 atom stereocenters. The molecule has 0 aromatic carbocycles. The third-order valence-electron chi connectivity index (χ3n) is 3.59. The van der Waals surface area contributed by atoms with Gasteiger partial charge in [-0.2, -0.15) is 0 Å². The minimum absolute atomic E-state index is 0.00844. The lowest BCUT2D eigenvalue weighted by atomic mass is 9.96. The van der Waals surface area contributed by atoms with Crippen molar-refractivity contribution in [3.8, 4) is 0 Å². The number of carbonyl (C=O) groups excluding carboxylic acids is 1. The van der Waals surface area contributed by atoms with E-state index in [9.17, 15) is 9.59 Å². The molecular weight excluding hydrogens is 248 g/mol. The number of carboxylic acids is 1. The summed E-state index contributed by atoms with van der Waals surface area (Å²) in [4.78, 5) is 24.7. The number of likely N-dealkylation sites (tertiary alicyclic amines) is 1. The van der Waals surface area contributed by atoms with Crippen LogP contribution in [-0.4, -0.2) is 54.9 Å². The molecule has 1 aliphatic rings. The first kappa shape index (κ1) is 15.8. The second kappa shape index (κ2) is 7.33. The van der Waals surface area contributed by atoms with Crippen LogP contribution in [0.15, 0.2) is 0 Å². The van der Waals surface area contributed by atoms with Gasteiger partial charge in [-0.25, -0.2) is 4.79 Å². The number of nitrogens with zero attached hydrogens (tertiary/aromatic N) is 1. The maximum atomic E-state index is 12.0. The average molecular weight is 272 g/mol. The number of hydrogen-bond acceptors (Lipinski definition) is 3. The minimum atomic E-state index is -0.872. The molecule has 2 amide bonds. The molecule has 0 aliphatic carbocycles. The highest BCUT2D eigenvalue weighted by molar-refractivity contribution is 5.76. The summed E-state index contributed by atoms with van der Waals surface area (Å²) in [6, 6.07) is -0.200. The van der Waals surface area contributed by atoms with Crippen molar-refractivity contribution in [3.63, 3.8) is 0 Å². The topological polar surface area (TPSA) is 78.9 Å². The molecule has 0 bridgehead atoms. The van der Waals surface area contributed by atoms with Gasteiger partial charge >= 0.3 is 12.0 Å². The number of piperidine rings is 1. The number of hydrogen-bond donors (Lipinski definition) is 2. The van der Waals surface area contributed by atoms with Crippen LogP contribution in [0.2, 0.25) is 0 Å². The second-order valence-electron chi connectivity index (χ2n) is 5.32. The number of rotatable bonds is 5. The number of methoxy groups -OCH3 is 1. The molecule has 1 fully saturated rings. The minimum Gasteiger partial charge on any atom is -0.481 e. The van der Waals surface area contributed by atoms with Gasteiger partial charge in [-0.15, -0.1) is 0 Å². The molecule has 2 N–H and O–H groups in total. The fourth-order valence-electron chi connectivity index (χ4n) is 2.23. The number of aliphatic carboxylic acids is 1. The first-order valence-corrected chi connectivity index (χ1v) is 6.74. The summed E-state index contributed by atoms with van der Waals surface area (Å²) in [6.07, 6.45) is 1.96. The highest BCUT2D eigenvalue weighted by atomic mass is 16.5. The molecule has 1 saturated heterocycles. The van der Waals surface area contributed by atoms with E-state index in [1.165, 1.54) is 0 Å². The highest BCUT2D eigenvalue weighted by Gasteiger charge is 2.26. The van der Waals surface area contributed by atoms with Gasteiger partial charge in [0.15, 0.2) is 0 Å². The van der Waals surface area contributed by atoms with Crippen molar-refractivity contribution >= 4 is 12.0 Å². The Morgan fingerprint density at radius 1 is 1.47 bits per heavy atom. The van der Waals surface area contributed by atoms with Crippen LogP contribution in [-0.2, 0) is 9.53 Å². The average Bonchev–Trinajstić information content (AvgIpc) is 2.38. The summed E-state index contributed by atoms with van der Waals surface area (Å²) in [7, 11) is 1.64. The summed E-state index contributed by atoms with van der Waals surface area (Å²) in [5.74, 6) is -1.43. The Kier molecular flexibility index (Phi) is 6.08. The third kappa shape index (κ3) is 4.70. The number of amides is 2. The standard InChI is InChI=1S/C13H24N2O4/c1-9(2)11(12(16)17)7-14-13(18)15-6-4-5-10(8-15)19-3/h9-11H,4-8H2,1-3H3,(H,14,18)(H,16,17). The molecule has 19 heavy (non-hydrogen) atoms. The fraction of sp³-hybridized carbons (Fsp3) is 0.846. The van der Waals surface area contributed by atoms with E-state index in [0.29, 0.717) is 13.1 Å². The lowest BCUT2D eigenvalue weighted by Crippen LogP contribution is -2.49. The van der Waals surface area contributed by atoms with Crippen molar-refractivity contribution in [2.45, 2.75) is 32.8 Å². The maximum Gasteiger partial charge on any atom is 0.317 e. The molecule has 1 rings (SSSR count). The predicted octanol–water partition coefficient (Wildman–Crippen LogP) is 1.16. The second-order valence-corrected chi connectivity index (χ2v) is 5.32. The summed E-state index contributed by atoms with van der Waals surface area (Å²) in [5, 5.41) is 11.8. The lowest BCUT2D eigenvalue weighted by molar-refractivity contribution is -0.142. The summed E-state index contributed by atoms with van der Waals surface area (Å²) < 4.78 is 5.26. The molecule has 1 aliphatic heterocycles. The Labute approximate surface area is 114 Å². The van der Waals surface area contributed by atoms with Gasteiger partial charge in [0, 0.05) is 26.7 Å². The highest BCUT2D eigenvalue weighted by Crippen LogP contribution is 2.13.